The summed E-state index contributed by atoms with van der Waals surface area (Å²) in [4.78, 5) is 21.2. The fourth-order valence-electron chi connectivity index (χ4n) is 4.73. The fourth-order valence-corrected chi connectivity index (χ4v) is 4.73. The Morgan fingerprint density at radius 1 is 0.974 bits per heavy atom. The predicted octanol–water partition coefficient (Wildman–Crippen LogP) is 2.25. The average molecular weight is 531 g/mol. The molecule has 3 fully saturated rings. The second-order valence-electron chi connectivity index (χ2n) is 8.84. The third-order valence-electron chi connectivity index (χ3n) is 6.53. The number of aliphatic hydroxyl groups excluding tert-OH is 2. The Balaban J connectivity index is 1.65. The van der Waals surface area contributed by atoms with E-state index in [-0.39, 0.29) is 18.6 Å². The van der Waals surface area contributed by atoms with Crippen LogP contribution >= 0.6 is 0 Å². The predicted molar refractivity (Wildman–Crippen MR) is 125 cm³/mol. The molecule has 0 radical (unpaired) electrons. The van der Waals surface area contributed by atoms with Crippen LogP contribution in [0.5, 0.6) is 0 Å². The van der Waals surface area contributed by atoms with Crippen molar-refractivity contribution in [1.82, 2.24) is 0 Å². The number of carbonyl (C=O) groups excluding carboxylic acids is 1. The minimum absolute atomic E-state index is 0.0165. The number of rotatable bonds is 7. The molecule has 38 heavy (non-hydrogen) atoms. The van der Waals surface area contributed by atoms with Gasteiger partial charge in [-0.2, -0.15) is 0 Å². The van der Waals surface area contributed by atoms with E-state index in [2.05, 4.69) is 30.1 Å². The van der Waals surface area contributed by atoms with E-state index < -0.39 is 73.3 Å². The maximum absolute atomic E-state index is 13.0. The van der Waals surface area contributed by atoms with Gasteiger partial charge in [-0.05, 0) is 42.1 Å². The van der Waals surface area contributed by atoms with Gasteiger partial charge in [0.1, 0.15) is 30.5 Å². The number of hydrogen-bond donors (Lipinski definition) is 2. The molecule has 2 N–H and O–H groups in total. The lowest BCUT2D eigenvalue weighted by Gasteiger charge is -2.49. The number of fused-ring (bicyclic) bond motifs is 1. The van der Waals surface area contributed by atoms with Crippen molar-refractivity contribution in [2.45, 2.75) is 80.7 Å². The highest BCUT2D eigenvalue weighted by atomic mass is 16.8. The van der Waals surface area contributed by atoms with E-state index in [1.165, 1.54) is 0 Å². The van der Waals surface area contributed by atoms with Gasteiger partial charge in [0.25, 0.3) is 0 Å². The van der Waals surface area contributed by atoms with Gasteiger partial charge in [-0.25, -0.2) is 4.79 Å². The van der Waals surface area contributed by atoms with Gasteiger partial charge in [0.2, 0.25) is 0 Å². The normalized spacial score (nSPS) is 38.3. The second kappa shape index (κ2) is 12.3. The van der Waals surface area contributed by atoms with E-state index in [1.54, 1.807) is 37.3 Å². The highest BCUT2D eigenvalue weighted by Crippen LogP contribution is 2.36. The van der Waals surface area contributed by atoms with E-state index in [0.717, 1.165) is 0 Å². The smallest absolute Gasteiger partial charge is 0.338 e. The molecular formula is C21H25N9O8. The number of aliphatic hydroxyl groups is 2. The van der Waals surface area contributed by atoms with Gasteiger partial charge in [0, 0.05) is 14.7 Å². The number of hydrogen-bond acceptors (Lipinski definition) is 11. The monoisotopic (exact) mass is 531 g/mol. The average Bonchev–Trinajstić information content (AvgIpc) is 2.92. The molecule has 1 aliphatic carbocycles. The zero-order valence-corrected chi connectivity index (χ0v) is 20.0. The van der Waals surface area contributed by atoms with E-state index in [9.17, 15) is 20.5 Å². The SMILES string of the molecule is CC1OCC2O[C@@H](O[C@H]3C(N=[N+]=[N-])C[C@@H](N=[N+]=[N-])C(O)[C@H]3O)C(N=[N+]=[N-])[C@@H](OC(=O)c3ccccc3)[C@H]2O1. The number of nitrogens with zero attached hydrogens (tertiary/aromatic N) is 9. The lowest BCUT2D eigenvalue weighted by atomic mass is 9.84. The summed E-state index contributed by atoms with van der Waals surface area (Å²) in [6.45, 7) is 1.66. The molecule has 2 heterocycles. The Hall–Kier alpha value is -3.62. The molecule has 17 heteroatoms. The van der Waals surface area contributed by atoms with Crippen molar-refractivity contribution in [3.63, 3.8) is 0 Å². The summed E-state index contributed by atoms with van der Waals surface area (Å²) < 4.78 is 29.0. The molecule has 2 saturated heterocycles. The Kier molecular flexibility index (Phi) is 8.86. The van der Waals surface area contributed by atoms with Crippen LogP contribution in [0.3, 0.4) is 0 Å². The first-order chi connectivity index (χ1) is 18.4. The topological polar surface area (TPSA) is 250 Å². The molecule has 1 saturated carbocycles. The molecule has 0 spiro atoms. The standard InChI is InChI=1S/C21H25N9O8/c1-9-34-8-13-18(35-9)19(37-20(33)10-5-3-2-4-6-10)14(27-30-24)21(36-13)38-17-12(26-29-23)7-11(25-28-22)15(31)16(17)32/h2-6,9,11-19,21,31-32H,7-8H2,1H3/t9?,11-,12?,13?,14?,15?,16-,17+,18+,19-,21+/m1/s1. The van der Waals surface area contributed by atoms with E-state index >= 15 is 0 Å². The van der Waals surface area contributed by atoms with E-state index in [1.807, 2.05) is 0 Å². The van der Waals surface area contributed by atoms with Crippen LogP contribution in [0, 0.1) is 0 Å². The van der Waals surface area contributed by atoms with Crippen LogP contribution in [-0.4, -0.2) is 90.1 Å². The minimum Gasteiger partial charge on any atom is -0.455 e. The van der Waals surface area contributed by atoms with Gasteiger partial charge in [0.15, 0.2) is 12.6 Å². The molecule has 4 rings (SSSR count). The van der Waals surface area contributed by atoms with Gasteiger partial charge >= 0.3 is 5.97 Å². The van der Waals surface area contributed by atoms with Gasteiger partial charge in [-0.15, -0.1) is 0 Å². The van der Waals surface area contributed by atoms with Gasteiger partial charge < -0.3 is 33.9 Å². The summed E-state index contributed by atoms with van der Waals surface area (Å²) in [7, 11) is 0. The summed E-state index contributed by atoms with van der Waals surface area (Å²) >= 11 is 0. The van der Waals surface area contributed by atoms with Crippen molar-refractivity contribution in [1.29, 1.82) is 0 Å². The van der Waals surface area contributed by atoms with Crippen LogP contribution in [-0.2, 0) is 23.7 Å². The molecule has 0 aromatic heterocycles. The summed E-state index contributed by atoms with van der Waals surface area (Å²) in [5.74, 6) is -0.715. The highest BCUT2D eigenvalue weighted by Gasteiger charge is 2.54. The van der Waals surface area contributed by atoms with E-state index in [4.69, 9.17) is 34.7 Å². The Labute approximate surface area is 215 Å². The molecule has 0 bridgehead atoms. The molecule has 1 aromatic carbocycles. The molecule has 5 unspecified atom stereocenters. The molecule has 11 atom stereocenters. The largest absolute Gasteiger partial charge is 0.455 e. The van der Waals surface area contributed by atoms with Crippen LogP contribution in [0.15, 0.2) is 45.7 Å². The van der Waals surface area contributed by atoms with Crippen molar-refractivity contribution in [2.24, 2.45) is 15.3 Å². The molecule has 1 aromatic rings. The molecule has 3 aliphatic rings. The third-order valence-corrected chi connectivity index (χ3v) is 6.53. The van der Waals surface area contributed by atoms with E-state index in [0.29, 0.717) is 0 Å². The summed E-state index contributed by atoms with van der Waals surface area (Å²) in [6, 6.07) is 4.65. The van der Waals surface area contributed by atoms with Crippen LogP contribution < -0.4 is 0 Å². The zero-order chi connectivity index (χ0) is 27.2. The Morgan fingerprint density at radius 3 is 2.34 bits per heavy atom. The van der Waals surface area contributed by atoms with Gasteiger partial charge in [0.05, 0.1) is 36.5 Å². The number of ether oxygens (including phenoxy) is 5. The van der Waals surface area contributed by atoms with Crippen molar-refractivity contribution in [2.75, 3.05) is 6.61 Å². The lowest BCUT2D eigenvalue weighted by Crippen LogP contribution is -2.65. The minimum atomic E-state index is -1.67. The number of benzene rings is 1. The first-order valence-electron chi connectivity index (χ1n) is 11.7. The van der Waals surface area contributed by atoms with Crippen molar-refractivity contribution in [3.8, 4) is 0 Å². The zero-order valence-electron chi connectivity index (χ0n) is 20.0. The second-order valence-corrected chi connectivity index (χ2v) is 8.84. The summed E-state index contributed by atoms with van der Waals surface area (Å²) in [5, 5.41) is 32.1. The van der Waals surface area contributed by atoms with Crippen LogP contribution in [0.1, 0.15) is 23.7 Å². The highest BCUT2D eigenvalue weighted by molar-refractivity contribution is 5.89. The molecule has 17 nitrogen and oxygen atoms in total. The van der Waals surface area contributed by atoms with Crippen LogP contribution in [0.4, 0.5) is 0 Å². The summed E-state index contributed by atoms with van der Waals surface area (Å²) in [5.41, 5.74) is 27.4. The van der Waals surface area contributed by atoms with Crippen molar-refractivity contribution < 1.29 is 38.7 Å². The number of azide groups is 3. The lowest BCUT2D eigenvalue weighted by molar-refractivity contribution is -0.345. The third kappa shape index (κ3) is 5.76. The Morgan fingerprint density at radius 2 is 1.66 bits per heavy atom. The first-order valence-corrected chi connectivity index (χ1v) is 11.7. The van der Waals surface area contributed by atoms with Crippen LogP contribution in [0.25, 0.3) is 31.3 Å². The number of esters is 1. The molecular weight excluding hydrogens is 506 g/mol. The van der Waals surface area contributed by atoms with Crippen molar-refractivity contribution in [3.05, 3.63) is 67.2 Å². The molecule has 0 amide bonds. The number of carbonyl (C=O) groups is 1. The summed E-state index contributed by atoms with van der Waals surface area (Å²) in [6.07, 6.45) is -9.79. The quantitative estimate of drug-likeness (QED) is 0.228. The first kappa shape index (κ1) is 27.4. The van der Waals surface area contributed by atoms with Gasteiger partial charge in [-0.1, -0.05) is 33.5 Å². The maximum atomic E-state index is 13.0. The maximum Gasteiger partial charge on any atom is 0.338 e. The molecule has 202 valence electrons. The fraction of sp³-hybridized carbons (Fsp3) is 0.667. The molecule has 2 aliphatic heterocycles. The van der Waals surface area contributed by atoms with Gasteiger partial charge in [-0.3, -0.25) is 0 Å². The van der Waals surface area contributed by atoms with Crippen LogP contribution in [0.2, 0.25) is 0 Å². The van der Waals surface area contributed by atoms with Crippen molar-refractivity contribution >= 4 is 5.97 Å². The Bertz CT molecular complexity index is 1140.